The predicted molar refractivity (Wildman–Crippen MR) is 69.2 cm³/mol. The van der Waals surface area contributed by atoms with Crippen molar-refractivity contribution in [2.45, 2.75) is 12.8 Å². The van der Waals surface area contributed by atoms with Gasteiger partial charge in [-0.25, -0.2) is 13.2 Å². The molecule has 106 valence electrons. The summed E-state index contributed by atoms with van der Waals surface area (Å²) in [5, 5.41) is 2.48. The monoisotopic (exact) mass is 359 g/mol. The molecule has 0 spiro atoms. The highest BCUT2D eigenvalue weighted by Gasteiger charge is 2.11. The lowest BCUT2D eigenvalue weighted by Crippen LogP contribution is -2.16. The van der Waals surface area contributed by atoms with Crippen molar-refractivity contribution in [3.8, 4) is 0 Å². The molecular formula is C11H10BrClF3NO2. The summed E-state index contributed by atoms with van der Waals surface area (Å²) < 4.78 is 41.3. The lowest BCUT2D eigenvalue weighted by molar-refractivity contribution is -0.117. The van der Waals surface area contributed by atoms with Crippen LogP contribution in [0.15, 0.2) is 16.6 Å². The molecule has 0 heterocycles. The number of hydrogen-bond acceptors (Lipinski definition) is 2. The van der Waals surface area contributed by atoms with Crippen molar-refractivity contribution in [3.05, 3.63) is 27.4 Å². The highest BCUT2D eigenvalue weighted by Crippen LogP contribution is 2.31. The zero-order valence-electron chi connectivity index (χ0n) is 9.56. The molecule has 1 amide bonds. The lowest BCUT2D eigenvalue weighted by Gasteiger charge is -2.10. The maximum absolute atomic E-state index is 13.0. The van der Waals surface area contributed by atoms with Crippen molar-refractivity contribution in [1.82, 2.24) is 0 Å². The molecular weight excluding hydrogens is 350 g/mol. The molecule has 8 heteroatoms. The molecule has 0 radical (unpaired) electrons. The topological polar surface area (TPSA) is 38.3 Å². The third-order valence-electron chi connectivity index (χ3n) is 1.99. The summed E-state index contributed by atoms with van der Waals surface area (Å²) in [5.41, 5.74) is 0.224. The molecule has 0 unspecified atom stereocenters. The first kappa shape index (κ1) is 16.3. The Kier molecular flexibility index (Phi) is 6.60. The molecule has 19 heavy (non-hydrogen) atoms. The standard InChI is InChI=1S/C11H10BrClF3NO2/c12-7-3-6(14)4-8(13)11(7)17-10(18)1-2-19-5-9(15)16/h3-4,9H,1-2,5H2,(H,17,18). The molecule has 0 bridgehead atoms. The van der Waals surface area contributed by atoms with Crippen molar-refractivity contribution in [2.75, 3.05) is 18.5 Å². The van der Waals surface area contributed by atoms with Crippen molar-refractivity contribution in [2.24, 2.45) is 0 Å². The van der Waals surface area contributed by atoms with Gasteiger partial charge in [0.05, 0.1) is 23.7 Å². The van der Waals surface area contributed by atoms with Gasteiger partial charge in [0.1, 0.15) is 12.4 Å². The minimum Gasteiger partial charge on any atom is -0.375 e. The van der Waals surface area contributed by atoms with Crippen LogP contribution in [0.1, 0.15) is 6.42 Å². The highest BCUT2D eigenvalue weighted by atomic mass is 79.9. The molecule has 1 aromatic rings. The second-order valence-electron chi connectivity index (χ2n) is 3.51. The molecule has 1 aromatic carbocycles. The average Bonchev–Trinajstić information content (AvgIpc) is 2.29. The van der Waals surface area contributed by atoms with E-state index in [4.69, 9.17) is 11.6 Å². The zero-order valence-corrected chi connectivity index (χ0v) is 11.9. The van der Waals surface area contributed by atoms with Crippen LogP contribution in [0.25, 0.3) is 0 Å². The maximum atomic E-state index is 13.0. The lowest BCUT2D eigenvalue weighted by atomic mass is 10.3. The number of alkyl halides is 2. The van der Waals surface area contributed by atoms with Crippen LogP contribution in [0.5, 0.6) is 0 Å². The Labute approximate surface area is 121 Å². The second kappa shape index (κ2) is 7.72. The van der Waals surface area contributed by atoms with E-state index in [0.29, 0.717) is 4.47 Å². The number of rotatable bonds is 6. The average molecular weight is 361 g/mol. The number of nitrogens with one attached hydrogen (secondary N) is 1. The van der Waals surface area contributed by atoms with Gasteiger partial charge in [0, 0.05) is 4.47 Å². The minimum absolute atomic E-state index is 0.0359. The highest BCUT2D eigenvalue weighted by molar-refractivity contribution is 9.10. The molecule has 0 aliphatic heterocycles. The Morgan fingerprint density at radius 3 is 2.74 bits per heavy atom. The number of ether oxygens (including phenoxy) is 1. The van der Waals surface area contributed by atoms with Crippen LogP contribution in [-0.2, 0) is 9.53 Å². The van der Waals surface area contributed by atoms with E-state index >= 15 is 0 Å². The molecule has 0 aromatic heterocycles. The molecule has 0 aliphatic carbocycles. The van der Waals surface area contributed by atoms with E-state index in [-0.39, 0.29) is 23.7 Å². The van der Waals surface area contributed by atoms with E-state index in [9.17, 15) is 18.0 Å². The van der Waals surface area contributed by atoms with Gasteiger partial charge in [0.2, 0.25) is 5.91 Å². The summed E-state index contributed by atoms with van der Waals surface area (Å²) >= 11 is 8.82. The predicted octanol–water partition coefficient (Wildman–Crippen LogP) is 3.85. The fourth-order valence-electron chi connectivity index (χ4n) is 1.20. The number of carbonyl (C=O) groups is 1. The summed E-state index contributed by atoms with van der Waals surface area (Å²) in [7, 11) is 0. The van der Waals surface area contributed by atoms with Crippen molar-refractivity contribution >= 4 is 39.1 Å². The van der Waals surface area contributed by atoms with Gasteiger partial charge in [-0.2, -0.15) is 0 Å². The molecule has 0 saturated heterocycles. The third-order valence-corrected chi connectivity index (χ3v) is 2.91. The summed E-state index contributed by atoms with van der Waals surface area (Å²) in [4.78, 5) is 11.5. The molecule has 1 N–H and O–H groups in total. The van der Waals surface area contributed by atoms with Crippen LogP contribution in [0.4, 0.5) is 18.9 Å². The number of hydrogen-bond donors (Lipinski definition) is 1. The Bertz CT molecular complexity index is 437. The second-order valence-corrected chi connectivity index (χ2v) is 4.77. The first-order valence-electron chi connectivity index (χ1n) is 5.20. The van der Waals surface area contributed by atoms with Crippen LogP contribution in [0.3, 0.4) is 0 Å². The van der Waals surface area contributed by atoms with E-state index in [2.05, 4.69) is 26.0 Å². The number of benzene rings is 1. The number of amides is 1. The van der Waals surface area contributed by atoms with Gasteiger partial charge in [0.15, 0.2) is 0 Å². The quantitative estimate of drug-likeness (QED) is 0.783. The molecule has 0 saturated carbocycles. The molecule has 0 aliphatic rings. The maximum Gasteiger partial charge on any atom is 0.261 e. The van der Waals surface area contributed by atoms with Gasteiger partial charge in [-0.1, -0.05) is 11.6 Å². The smallest absolute Gasteiger partial charge is 0.261 e. The largest absolute Gasteiger partial charge is 0.375 e. The van der Waals surface area contributed by atoms with Crippen molar-refractivity contribution < 1.29 is 22.7 Å². The van der Waals surface area contributed by atoms with Crippen LogP contribution < -0.4 is 5.32 Å². The molecule has 0 fully saturated rings. The Morgan fingerprint density at radius 2 is 2.16 bits per heavy atom. The number of carbonyl (C=O) groups excluding carboxylic acids is 1. The third kappa shape index (κ3) is 5.80. The summed E-state index contributed by atoms with van der Waals surface area (Å²) in [5.74, 6) is -1.02. The van der Waals surface area contributed by atoms with Gasteiger partial charge >= 0.3 is 0 Å². The van der Waals surface area contributed by atoms with Crippen LogP contribution in [0.2, 0.25) is 5.02 Å². The van der Waals surface area contributed by atoms with E-state index in [1.165, 1.54) is 0 Å². The van der Waals surface area contributed by atoms with Crippen LogP contribution >= 0.6 is 27.5 Å². The van der Waals surface area contributed by atoms with E-state index < -0.39 is 24.8 Å². The van der Waals surface area contributed by atoms with Crippen LogP contribution in [-0.4, -0.2) is 25.5 Å². The molecule has 1 rings (SSSR count). The zero-order chi connectivity index (χ0) is 14.4. The van der Waals surface area contributed by atoms with Gasteiger partial charge in [-0.3, -0.25) is 4.79 Å². The fraction of sp³-hybridized carbons (Fsp3) is 0.364. The van der Waals surface area contributed by atoms with Gasteiger partial charge in [-0.05, 0) is 28.1 Å². The van der Waals surface area contributed by atoms with Gasteiger partial charge < -0.3 is 10.1 Å². The summed E-state index contributed by atoms with van der Waals surface area (Å²) in [6.45, 7) is -0.846. The Hall–Kier alpha value is -0.790. The summed E-state index contributed by atoms with van der Waals surface area (Å²) in [6, 6.07) is 2.20. The number of halogens is 5. The Balaban J connectivity index is 2.49. The van der Waals surface area contributed by atoms with Crippen molar-refractivity contribution in [1.29, 1.82) is 0 Å². The van der Waals surface area contributed by atoms with E-state index in [1.54, 1.807) is 0 Å². The Morgan fingerprint density at radius 1 is 1.47 bits per heavy atom. The van der Waals surface area contributed by atoms with Crippen molar-refractivity contribution in [3.63, 3.8) is 0 Å². The fourth-order valence-corrected chi connectivity index (χ4v) is 2.10. The summed E-state index contributed by atoms with van der Waals surface area (Å²) in [6.07, 6.45) is -2.67. The molecule has 0 atom stereocenters. The first-order chi connectivity index (χ1) is 8.90. The number of anilines is 1. The minimum atomic E-state index is -2.57. The normalized spacial score (nSPS) is 10.8. The van der Waals surface area contributed by atoms with Crippen LogP contribution in [0, 0.1) is 5.82 Å². The van der Waals surface area contributed by atoms with E-state index in [0.717, 1.165) is 12.1 Å². The SMILES string of the molecule is O=C(CCOCC(F)F)Nc1c(Cl)cc(F)cc1Br. The van der Waals surface area contributed by atoms with Gasteiger partial charge in [0.25, 0.3) is 6.43 Å². The molecule has 3 nitrogen and oxygen atoms in total. The first-order valence-corrected chi connectivity index (χ1v) is 6.37. The van der Waals surface area contributed by atoms with E-state index in [1.807, 2.05) is 0 Å². The van der Waals surface area contributed by atoms with Gasteiger partial charge in [-0.15, -0.1) is 0 Å².